The molecule has 12 heteroatoms. The minimum Gasteiger partial charge on any atom is -0.454 e. The number of sulfonamides is 2. The molecule has 2 aliphatic heterocycles. The molecule has 4 aromatic rings. The summed E-state index contributed by atoms with van der Waals surface area (Å²) in [6.45, 7) is 0.281. The van der Waals surface area contributed by atoms with Crippen LogP contribution in [-0.4, -0.2) is 30.4 Å². The number of hydrogen-bond acceptors (Lipinski definition) is 8. The number of nitrogens with one attached hydrogen (secondary N) is 2. The topological polar surface area (TPSA) is 129 Å². The van der Waals surface area contributed by atoms with Gasteiger partial charge in [0, 0.05) is 23.9 Å². The molecule has 10 nitrogen and oxygen atoms in total. The molecule has 0 aromatic heterocycles. The average molecular weight is 555 g/mol. The Labute approximate surface area is 219 Å². The summed E-state index contributed by atoms with van der Waals surface area (Å²) in [5, 5.41) is 0.577. The summed E-state index contributed by atoms with van der Waals surface area (Å²) in [5.74, 6) is 2.31. The molecule has 0 radical (unpaired) electrons. The summed E-state index contributed by atoms with van der Waals surface area (Å²) in [6.07, 6.45) is 0. The highest BCUT2D eigenvalue weighted by molar-refractivity contribution is 7.90. The van der Waals surface area contributed by atoms with E-state index in [0.29, 0.717) is 34.1 Å². The Balaban J connectivity index is 1.25. The van der Waals surface area contributed by atoms with Crippen LogP contribution >= 0.6 is 0 Å². The molecule has 196 valence electrons. The Morgan fingerprint density at radius 1 is 0.553 bits per heavy atom. The molecule has 0 bridgehead atoms. The molecular formula is C26H22N2O8S2. The Morgan fingerprint density at radius 2 is 0.974 bits per heavy atom. The van der Waals surface area contributed by atoms with E-state index < -0.39 is 20.0 Å². The van der Waals surface area contributed by atoms with E-state index >= 15 is 0 Å². The molecule has 0 saturated heterocycles. The summed E-state index contributed by atoms with van der Waals surface area (Å²) in [5.41, 5.74) is 1.38. The van der Waals surface area contributed by atoms with Gasteiger partial charge in [-0.2, -0.15) is 0 Å². The molecule has 38 heavy (non-hydrogen) atoms. The predicted molar refractivity (Wildman–Crippen MR) is 137 cm³/mol. The van der Waals surface area contributed by atoms with Gasteiger partial charge >= 0.3 is 0 Å². The maximum Gasteiger partial charge on any atom is 0.241 e. The van der Waals surface area contributed by atoms with Gasteiger partial charge in [-0.3, -0.25) is 0 Å². The Bertz CT molecular complexity index is 1640. The van der Waals surface area contributed by atoms with Crippen LogP contribution in [-0.2, 0) is 33.1 Å². The third kappa shape index (κ3) is 4.63. The van der Waals surface area contributed by atoms with E-state index in [4.69, 9.17) is 18.9 Å². The van der Waals surface area contributed by atoms with Crippen molar-refractivity contribution in [2.24, 2.45) is 0 Å². The van der Waals surface area contributed by atoms with Crippen molar-refractivity contribution in [3.63, 3.8) is 0 Å². The highest BCUT2D eigenvalue weighted by atomic mass is 32.2. The molecule has 0 fully saturated rings. The second-order valence-corrected chi connectivity index (χ2v) is 12.1. The molecule has 0 atom stereocenters. The van der Waals surface area contributed by atoms with Crippen LogP contribution in [0.4, 0.5) is 0 Å². The van der Waals surface area contributed by atoms with E-state index in [0.717, 1.165) is 0 Å². The van der Waals surface area contributed by atoms with E-state index in [1.807, 2.05) is 0 Å². The predicted octanol–water partition coefficient (Wildman–Crippen LogP) is 3.25. The van der Waals surface area contributed by atoms with Gasteiger partial charge in [0.1, 0.15) is 0 Å². The van der Waals surface area contributed by atoms with Crippen LogP contribution in [0.3, 0.4) is 0 Å². The molecular weight excluding hydrogens is 532 g/mol. The zero-order chi connectivity index (χ0) is 26.3. The standard InChI is InChI=1S/C26H22N2O8S2/c29-37(30,27-13-17-7-9-21-23(11-17)35-15-33-21)25-5-1-3-19-20(25)4-2-6-26(19)38(31,32)28-14-18-8-10-22-24(12-18)36-16-34-22/h1-12,27-28H,13-16H2. The van der Waals surface area contributed by atoms with Crippen LogP contribution in [0.25, 0.3) is 10.8 Å². The Morgan fingerprint density at radius 3 is 1.42 bits per heavy atom. The van der Waals surface area contributed by atoms with Crippen LogP contribution in [0.1, 0.15) is 11.1 Å². The monoisotopic (exact) mass is 554 g/mol. The van der Waals surface area contributed by atoms with E-state index in [-0.39, 0.29) is 47.2 Å². The van der Waals surface area contributed by atoms with Crippen molar-refractivity contribution in [2.45, 2.75) is 22.9 Å². The fourth-order valence-corrected chi connectivity index (χ4v) is 6.81. The van der Waals surface area contributed by atoms with E-state index in [9.17, 15) is 16.8 Å². The van der Waals surface area contributed by atoms with E-state index in [2.05, 4.69) is 9.44 Å². The summed E-state index contributed by atoms with van der Waals surface area (Å²) < 4.78 is 79.5. The minimum absolute atomic E-state index is 0.0183. The molecule has 0 unspecified atom stereocenters. The smallest absolute Gasteiger partial charge is 0.241 e. The van der Waals surface area contributed by atoms with Crippen molar-refractivity contribution in [3.8, 4) is 23.0 Å². The zero-order valence-corrected chi connectivity index (χ0v) is 21.5. The number of rotatable bonds is 8. The van der Waals surface area contributed by atoms with Crippen molar-refractivity contribution in [1.29, 1.82) is 0 Å². The molecule has 2 heterocycles. The van der Waals surface area contributed by atoms with Gasteiger partial charge in [-0.15, -0.1) is 0 Å². The van der Waals surface area contributed by atoms with Crippen molar-refractivity contribution in [2.75, 3.05) is 13.6 Å². The van der Waals surface area contributed by atoms with Crippen molar-refractivity contribution in [3.05, 3.63) is 83.9 Å². The third-order valence-electron chi connectivity index (χ3n) is 6.23. The normalized spacial score (nSPS) is 14.2. The van der Waals surface area contributed by atoms with E-state index in [1.165, 1.54) is 24.3 Å². The Hall–Kier alpha value is -3.84. The van der Waals surface area contributed by atoms with Gasteiger partial charge in [0.2, 0.25) is 33.6 Å². The largest absolute Gasteiger partial charge is 0.454 e. The lowest BCUT2D eigenvalue weighted by atomic mass is 10.1. The maximum atomic E-state index is 13.3. The molecule has 4 aromatic carbocycles. The zero-order valence-electron chi connectivity index (χ0n) is 19.8. The quantitative estimate of drug-likeness (QED) is 0.340. The van der Waals surface area contributed by atoms with Crippen molar-refractivity contribution in [1.82, 2.24) is 9.44 Å². The van der Waals surface area contributed by atoms with Gasteiger partial charge in [0.05, 0.1) is 9.79 Å². The number of hydrogen-bond donors (Lipinski definition) is 2. The van der Waals surface area contributed by atoms with Crippen LogP contribution < -0.4 is 28.4 Å². The van der Waals surface area contributed by atoms with Gasteiger partial charge in [0.25, 0.3) is 0 Å². The lowest BCUT2D eigenvalue weighted by Gasteiger charge is -2.13. The molecule has 2 aliphatic rings. The van der Waals surface area contributed by atoms with Crippen molar-refractivity contribution >= 4 is 30.8 Å². The number of ether oxygens (including phenoxy) is 4. The van der Waals surface area contributed by atoms with Gasteiger partial charge < -0.3 is 18.9 Å². The molecule has 0 spiro atoms. The molecule has 2 N–H and O–H groups in total. The van der Waals surface area contributed by atoms with Crippen LogP contribution in [0.15, 0.2) is 82.6 Å². The molecule has 0 aliphatic carbocycles. The fourth-order valence-electron chi connectivity index (χ4n) is 4.33. The fraction of sp³-hybridized carbons (Fsp3) is 0.154. The SMILES string of the molecule is O=S(=O)(NCc1ccc2c(c1)OCO2)c1cccc2c(S(=O)(=O)NCc3ccc4c(c3)OCO4)cccc12. The first-order chi connectivity index (χ1) is 18.3. The lowest BCUT2D eigenvalue weighted by Crippen LogP contribution is -2.24. The van der Waals surface area contributed by atoms with Crippen molar-refractivity contribution < 1.29 is 35.8 Å². The lowest BCUT2D eigenvalue weighted by molar-refractivity contribution is 0.173. The highest BCUT2D eigenvalue weighted by Gasteiger charge is 2.23. The summed E-state index contributed by atoms with van der Waals surface area (Å²) in [4.78, 5) is -0.0490. The van der Waals surface area contributed by atoms with Gasteiger partial charge in [-0.1, -0.05) is 36.4 Å². The van der Waals surface area contributed by atoms with E-state index in [1.54, 1.807) is 48.5 Å². The average Bonchev–Trinajstić information content (AvgIpc) is 3.59. The Kier molecular flexibility index (Phi) is 6.11. The number of benzene rings is 4. The first-order valence-corrected chi connectivity index (χ1v) is 14.5. The van der Waals surface area contributed by atoms with Gasteiger partial charge in [-0.25, -0.2) is 26.3 Å². The summed E-state index contributed by atoms with van der Waals surface area (Å²) in [6, 6.07) is 19.5. The molecule has 0 amide bonds. The maximum absolute atomic E-state index is 13.3. The van der Waals surface area contributed by atoms with Gasteiger partial charge in [0.15, 0.2) is 23.0 Å². The second-order valence-electron chi connectivity index (χ2n) is 8.63. The van der Waals surface area contributed by atoms with Crippen LogP contribution in [0.2, 0.25) is 0 Å². The first-order valence-electron chi connectivity index (χ1n) is 11.6. The summed E-state index contributed by atoms with van der Waals surface area (Å²) >= 11 is 0. The number of fused-ring (bicyclic) bond motifs is 3. The first kappa shape index (κ1) is 24.5. The molecule has 0 saturated carbocycles. The van der Waals surface area contributed by atoms with Gasteiger partial charge in [-0.05, 0) is 47.5 Å². The highest BCUT2D eigenvalue weighted by Crippen LogP contribution is 2.34. The second kappa shape index (κ2) is 9.48. The summed E-state index contributed by atoms with van der Waals surface area (Å²) in [7, 11) is -7.97. The third-order valence-corrected chi connectivity index (χ3v) is 9.15. The minimum atomic E-state index is -3.99. The van der Waals surface area contributed by atoms with Crippen LogP contribution in [0.5, 0.6) is 23.0 Å². The molecule has 6 rings (SSSR count). The van der Waals surface area contributed by atoms with Crippen LogP contribution in [0, 0.1) is 0 Å².